The molecular weight excluding hydrogens is 196 g/mol. The number of hydrogen-bond acceptors (Lipinski definition) is 3. The second-order valence-corrected chi connectivity index (χ2v) is 4.07. The molecule has 0 saturated heterocycles. The van der Waals surface area contributed by atoms with Crippen LogP contribution in [-0.4, -0.2) is 14.2 Å². The SMILES string of the molecule is COc1sc2cccc(OC)c2c1C. The molecule has 0 aliphatic heterocycles. The fourth-order valence-electron chi connectivity index (χ4n) is 1.61. The Hall–Kier alpha value is -1.22. The van der Waals surface area contributed by atoms with Crippen molar-refractivity contribution in [2.45, 2.75) is 6.92 Å². The van der Waals surface area contributed by atoms with Crippen LogP contribution in [-0.2, 0) is 0 Å². The lowest BCUT2D eigenvalue weighted by atomic mass is 10.2. The zero-order chi connectivity index (χ0) is 10.1. The van der Waals surface area contributed by atoms with Gasteiger partial charge in [0.25, 0.3) is 0 Å². The van der Waals surface area contributed by atoms with Crippen LogP contribution in [0.15, 0.2) is 18.2 Å². The van der Waals surface area contributed by atoms with Gasteiger partial charge in [-0.2, -0.15) is 0 Å². The predicted molar refractivity (Wildman–Crippen MR) is 59.7 cm³/mol. The van der Waals surface area contributed by atoms with E-state index in [1.807, 2.05) is 12.1 Å². The monoisotopic (exact) mass is 208 g/mol. The van der Waals surface area contributed by atoms with Crippen LogP contribution in [0.3, 0.4) is 0 Å². The van der Waals surface area contributed by atoms with Crippen molar-refractivity contribution in [2.75, 3.05) is 14.2 Å². The van der Waals surface area contributed by atoms with Gasteiger partial charge in [-0.25, -0.2) is 0 Å². The second-order valence-electron chi connectivity index (χ2n) is 3.05. The van der Waals surface area contributed by atoms with Gasteiger partial charge in [0.1, 0.15) is 5.75 Å². The summed E-state index contributed by atoms with van der Waals surface area (Å²) in [6.07, 6.45) is 0. The molecular formula is C11H12O2S. The van der Waals surface area contributed by atoms with E-state index in [0.717, 1.165) is 21.8 Å². The summed E-state index contributed by atoms with van der Waals surface area (Å²) < 4.78 is 11.8. The molecule has 0 unspecified atom stereocenters. The van der Waals surface area contributed by atoms with Crippen LogP contribution in [0.4, 0.5) is 0 Å². The number of thiophene rings is 1. The van der Waals surface area contributed by atoms with Crippen LogP contribution in [0.25, 0.3) is 10.1 Å². The predicted octanol–water partition coefficient (Wildman–Crippen LogP) is 3.23. The molecule has 0 saturated carbocycles. The Morgan fingerprint density at radius 1 is 1.14 bits per heavy atom. The number of benzene rings is 1. The standard InChI is InChI=1S/C11H12O2S/c1-7-10-8(12-2)5-4-6-9(10)14-11(7)13-3/h4-6H,1-3H3. The molecule has 0 atom stereocenters. The van der Waals surface area contributed by atoms with Gasteiger partial charge in [0.05, 0.1) is 14.2 Å². The minimum absolute atomic E-state index is 0.916. The number of methoxy groups -OCH3 is 2. The summed E-state index contributed by atoms with van der Waals surface area (Å²) in [6.45, 7) is 2.06. The minimum Gasteiger partial charge on any atom is -0.496 e. The number of rotatable bonds is 2. The lowest BCUT2D eigenvalue weighted by Crippen LogP contribution is -1.84. The van der Waals surface area contributed by atoms with Gasteiger partial charge < -0.3 is 9.47 Å². The second kappa shape index (κ2) is 3.50. The molecule has 0 bridgehead atoms. The fraction of sp³-hybridized carbons (Fsp3) is 0.273. The molecule has 2 rings (SSSR count). The van der Waals surface area contributed by atoms with Crippen molar-refractivity contribution in [1.82, 2.24) is 0 Å². The minimum atomic E-state index is 0.916. The van der Waals surface area contributed by atoms with Gasteiger partial charge in [0, 0.05) is 15.6 Å². The van der Waals surface area contributed by atoms with Crippen molar-refractivity contribution in [3.05, 3.63) is 23.8 Å². The summed E-state index contributed by atoms with van der Waals surface area (Å²) in [5.41, 5.74) is 1.16. The van der Waals surface area contributed by atoms with Crippen molar-refractivity contribution < 1.29 is 9.47 Å². The van der Waals surface area contributed by atoms with E-state index in [2.05, 4.69) is 13.0 Å². The number of hydrogen-bond donors (Lipinski definition) is 0. The summed E-state index contributed by atoms with van der Waals surface area (Å²) in [5.74, 6) is 0.916. The van der Waals surface area contributed by atoms with E-state index in [1.165, 1.54) is 4.70 Å². The summed E-state index contributed by atoms with van der Waals surface area (Å²) in [6, 6.07) is 6.05. The number of fused-ring (bicyclic) bond motifs is 1. The van der Waals surface area contributed by atoms with Crippen molar-refractivity contribution in [3.8, 4) is 10.8 Å². The Morgan fingerprint density at radius 3 is 2.57 bits per heavy atom. The summed E-state index contributed by atoms with van der Waals surface area (Å²) in [4.78, 5) is 0. The molecule has 14 heavy (non-hydrogen) atoms. The third-order valence-corrected chi connectivity index (χ3v) is 3.50. The van der Waals surface area contributed by atoms with Crippen LogP contribution in [0, 0.1) is 6.92 Å². The first-order valence-corrected chi connectivity index (χ1v) is 5.19. The van der Waals surface area contributed by atoms with Crippen LogP contribution in [0.2, 0.25) is 0 Å². The average Bonchev–Trinajstić information content (AvgIpc) is 2.55. The first-order valence-electron chi connectivity index (χ1n) is 4.38. The maximum absolute atomic E-state index is 5.32. The molecule has 1 aromatic carbocycles. The van der Waals surface area contributed by atoms with Crippen molar-refractivity contribution in [3.63, 3.8) is 0 Å². The Kier molecular flexibility index (Phi) is 2.33. The van der Waals surface area contributed by atoms with Crippen molar-refractivity contribution >= 4 is 21.4 Å². The molecule has 0 aliphatic rings. The summed E-state index contributed by atoms with van der Waals surface area (Å²) >= 11 is 1.65. The van der Waals surface area contributed by atoms with Gasteiger partial charge in [-0.15, -0.1) is 0 Å². The zero-order valence-electron chi connectivity index (χ0n) is 8.46. The Morgan fingerprint density at radius 2 is 1.93 bits per heavy atom. The highest BCUT2D eigenvalue weighted by Gasteiger charge is 2.12. The Bertz CT molecular complexity index is 460. The maximum Gasteiger partial charge on any atom is 0.177 e. The van der Waals surface area contributed by atoms with Gasteiger partial charge in [0.2, 0.25) is 0 Å². The van der Waals surface area contributed by atoms with Crippen LogP contribution in [0.1, 0.15) is 5.56 Å². The smallest absolute Gasteiger partial charge is 0.177 e. The van der Waals surface area contributed by atoms with Crippen LogP contribution < -0.4 is 9.47 Å². The quantitative estimate of drug-likeness (QED) is 0.754. The van der Waals surface area contributed by atoms with Gasteiger partial charge >= 0.3 is 0 Å². The largest absolute Gasteiger partial charge is 0.496 e. The van der Waals surface area contributed by atoms with Crippen LogP contribution >= 0.6 is 11.3 Å². The lowest BCUT2D eigenvalue weighted by molar-refractivity contribution is 0.417. The lowest BCUT2D eigenvalue weighted by Gasteiger charge is -2.02. The fourth-order valence-corrected chi connectivity index (χ4v) is 2.65. The molecule has 0 N–H and O–H groups in total. The number of ether oxygens (including phenoxy) is 2. The highest BCUT2D eigenvalue weighted by molar-refractivity contribution is 7.21. The van der Waals surface area contributed by atoms with E-state index in [-0.39, 0.29) is 0 Å². The molecule has 1 aromatic heterocycles. The highest BCUT2D eigenvalue weighted by atomic mass is 32.1. The maximum atomic E-state index is 5.32. The van der Waals surface area contributed by atoms with Crippen molar-refractivity contribution in [2.24, 2.45) is 0 Å². The molecule has 74 valence electrons. The van der Waals surface area contributed by atoms with E-state index in [4.69, 9.17) is 9.47 Å². The molecule has 0 aliphatic carbocycles. The third kappa shape index (κ3) is 1.24. The highest BCUT2D eigenvalue weighted by Crippen LogP contribution is 2.41. The Balaban J connectivity index is 2.79. The van der Waals surface area contributed by atoms with Gasteiger partial charge in [-0.3, -0.25) is 0 Å². The van der Waals surface area contributed by atoms with Gasteiger partial charge in [-0.05, 0) is 19.1 Å². The van der Waals surface area contributed by atoms with Gasteiger partial charge in [-0.1, -0.05) is 17.4 Å². The van der Waals surface area contributed by atoms with E-state index in [1.54, 1.807) is 25.6 Å². The first-order chi connectivity index (χ1) is 6.77. The molecule has 0 fully saturated rings. The van der Waals surface area contributed by atoms with E-state index in [0.29, 0.717) is 0 Å². The third-order valence-electron chi connectivity index (χ3n) is 2.28. The summed E-state index contributed by atoms with van der Waals surface area (Å²) in [7, 11) is 3.39. The topological polar surface area (TPSA) is 18.5 Å². The Labute approximate surface area is 87.1 Å². The van der Waals surface area contributed by atoms with Gasteiger partial charge in [0.15, 0.2) is 5.06 Å². The van der Waals surface area contributed by atoms with E-state index in [9.17, 15) is 0 Å². The van der Waals surface area contributed by atoms with E-state index < -0.39 is 0 Å². The van der Waals surface area contributed by atoms with Crippen LogP contribution in [0.5, 0.6) is 10.8 Å². The molecule has 1 heterocycles. The normalized spacial score (nSPS) is 10.5. The summed E-state index contributed by atoms with van der Waals surface area (Å²) in [5, 5.41) is 2.13. The van der Waals surface area contributed by atoms with E-state index >= 15 is 0 Å². The molecule has 0 spiro atoms. The average molecular weight is 208 g/mol. The molecule has 2 nitrogen and oxygen atoms in total. The molecule has 3 heteroatoms. The van der Waals surface area contributed by atoms with Crippen molar-refractivity contribution in [1.29, 1.82) is 0 Å². The molecule has 2 aromatic rings. The molecule has 0 radical (unpaired) electrons. The first kappa shape index (κ1) is 9.34. The zero-order valence-corrected chi connectivity index (χ0v) is 9.27. The molecule has 0 amide bonds. The number of aryl methyl sites for hydroxylation is 1.